The summed E-state index contributed by atoms with van der Waals surface area (Å²) in [5.41, 5.74) is 0. The van der Waals surface area contributed by atoms with Crippen molar-refractivity contribution in [1.29, 1.82) is 0 Å². The van der Waals surface area contributed by atoms with Crippen LogP contribution in [0.3, 0.4) is 0 Å². The molecule has 0 unspecified atom stereocenters. The first-order chi connectivity index (χ1) is 0. The van der Waals surface area contributed by atoms with Gasteiger partial charge in [-0.05, 0) is 0 Å². The summed E-state index contributed by atoms with van der Waals surface area (Å²) in [6.45, 7) is 0. The fraction of sp³-hybridized carbons (Fsp3) is 0. The largest absolute Gasteiger partial charge is 3.00 e. The Morgan fingerprint density at radius 2 is 0.500 bits per heavy atom. The summed E-state index contributed by atoms with van der Waals surface area (Å²) in [5, 5.41) is 0. The van der Waals surface area contributed by atoms with E-state index in [1.54, 1.807) is 0 Å². The minimum absolute atomic E-state index is 0. The first-order valence-electron chi connectivity index (χ1n) is 0. The van der Waals surface area contributed by atoms with Crippen LogP contribution in [0, 0.1) is 0 Å². The van der Waals surface area contributed by atoms with Crippen molar-refractivity contribution in [1.82, 2.24) is 0 Å². The van der Waals surface area contributed by atoms with E-state index in [1.165, 1.54) is 0 Å². The van der Waals surface area contributed by atoms with Crippen molar-refractivity contribution >= 4 is 0 Å². The van der Waals surface area contributed by atoms with E-state index in [0.717, 1.165) is 0 Å². The molecular formula is F2Li2Y2+6. The molecule has 0 atom stereocenters. The number of rotatable bonds is 0. The zero-order valence-electron chi connectivity index (χ0n) is 3.91. The Hall–Kier alpha value is 3.26. The average molecular weight is 230 g/mol. The molecule has 0 rings (SSSR count). The summed E-state index contributed by atoms with van der Waals surface area (Å²) in [5.74, 6) is 0. The second-order valence-corrected chi connectivity index (χ2v) is 0. The van der Waals surface area contributed by atoms with Gasteiger partial charge in [0.25, 0.3) is 0 Å². The van der Waals surface area contributed by atoms with Crippen molar-refractivity contribution in [3.63, 3.8) is 0 Å². The predicted molar refractivity (Wildman–Crippen MR) is 0 cm³/mol. The molecule has 16 valence electrons. The van der Waals surface area contributed by atoms with Crippen LogP contribution in [0.25, 0.3) is 0 Å². The van der Waals surface area contributed by atoms with Crippen LogP contribution in [0.1, 0.15) is 0 Å². The van der Waals surface area contributed by atoms with E-state index in [9.17, 15) is 0 Å². The molecule has 0 saturated heterocycles. The molecule has 0 aliphatic heterocycles. The molecule has 0 aromatic rings. The molecule has 6 heteroatoms. The second-order valence-electron chi connectivity index (χ2n) is 0. The Bertz CT molecular complexity index is 9.51. The van der Waals surface area contributed by atoms with Gasteiger partial charge in [0.2, 0.25) is 0 Å². The number of hydrogen-bond donors (Lipinski definition) is 0. The zero-order chi connectivity index (χ0) is 0. The van der Waals surface area contributed by atoms with E-state index in [-0.39, 0.29) is 113 Å². The topological polar surface area (TPSA) is 0 Å². The zero-order valence-corrected chi connectivity index (χ0v) is 9.59. The SMILES string of the molecule is [F-].[F-].[Li+].[Li+].[Y+3].[Y+3]. The Balaban J connectivity index is 0. The number of hydrogen-bond acceptors (Lipinski definition) is 0. The molecule has 0 nitrogen and oxygen atoms in total. The third-order valence-electron chi connectivity index (χ3n) is 0. The minimum Gasteiger partial charge on any atom is -1.00 e. The van der Waals surface area contributed by atoms with Gasteiger partial charge >= 0.3 is 103 Å². The van der Waals surface area contributed by atoms with Gasteiger partial charge in [-0.3, -0.25) is 0 Å². The summed E-state index contributed by atoms with van der Waals surface area (Å²) < 4.78 is 0. The first-order valence-corrected chi connectivity index (χ1v) is 0. The van der Waals surface area contributed by atoms with Crippen molar-refractivity contribution in [2.24, 2.45) is 0 Å². The van der Waals surface area contributed by atoms with Gasteiger partial charge in [0.1, 0.15) is 0 Å². The predicted octanol–water partition coefficient (Wildman–Crippen LogP) is -12.0. The monoisotopic (exact) mass is 230 g/mol. The van der Waals surface area contributed by atoms with E-state index in [1.807, 2.05) is 0 Å². The summed E-state index contributed by atoms with van der Waals surface area (Å²) in [6.07, 6.45) is 0. The van der Waals surface area contributed by atoms with Gasteiger partial charge < -0.3 is 9.41 Å². The Labute approximate surface area is 110 Å². The smallest absolute Gasteiger partial charge is 1.00 e. The van der Waals surface area contributed by atoms with E-state index >= 15 is 0 Å². The van der Waals surface area contributed by atoms with Crippen LogP contribution < -0.4 is 47.1 Å². The Morgan fingerprint density at radius 1 is 0.500 bits per heavy atom. The van der Waals surface area contributed by atoms with Gasteiger partial charge in [0.15, 0.2) is 0 Å². The van der Waals surface area contributed by atoms with Crippen LogP contribution in [0.4, 0.5) is 0 Å². The fourth-order valence-electron chi connectivity index (χ4n) is 0. The van der Waals surface area contributed by atoms with Crippen LogP contribution in [-0.4, -0.2) is 0 Å². The quantitative estimate of drug-likeness (QED) is 0.362. The minimum atomic E-state index is 0. The van der Waals surface area contributed by atoms with Crippen LogP contribution >= 0.6 is 0 Å². The van der Waals surface area contributed by atoms with Crippen molar-refractivity contribution in [2.45, 2.75) is 0 Å². The van der Waals surface area contributed by atoms with Crippen molar-refractivity contribution in [3.8, 4) is 0 Å². The van der Waals surface area contributed by atoms with E-state index in [0.29, 0.717) is 0 Å². The van der Waals surface area contributed by atoms with Crippen molar-refractivity contribution in [3.05, 3.63) is 0 Å². The molecule has 0 aromatic heterocycles. The molecule has 0 radical (unpaired) electrons. The molecule has 0 fully saturated rings. The Kier molecular flexibility index (Phi) is 405. The van der Waals surface area contributed by atoms with Gasteiger partial charge in [0, 0.05) is 0 Å². The summed E-state index contributed by atoms with van der Waals surface area (Å²) in [4.78, 5) is 0. The van der Waals surface area contributed by atoms with E-state index in [2.05, 4.69) is 0 Å². The van der Waals surface area contributed by atoms with Crippen molar-refractivity contribution < 1.29 is 113 Å². The first kappa shape index (κ1) is 59.4. The molecule has 0 spiro atoms. The molecule has 0 aromatic carbocycles. The molecule has 0 bridgehead atoms. The third kappa shape index (κ3) is 26.8. The van der Waals surface area contributed by atoms with Crippen LogP contribution in [0.15, 0.2) is 0 Å². The maximum absolute atomic E-state index is 0. The molecular weight excluding hydrogens is 230 g/mol. The van der Waals surface area contributed by atoms with Crippen LogP contribution in [-0.2, 0) is 65.4 Å². The molecule has 0 heterocycles. The second kappa shape index (κ2) is 40.9. The maximum Gasteiger partial charge on any atom is 3.00 e. The van der Waals surface area contributed by atoms with Gasteiger partial charge in [-0.1, -0.05) is 0 Å². The molecule has 0 aliphatic carbocycles. The Morgan fingerprint density at radius 3 is 0.500 bits per heavy atom. The fourth-order valence-corrected chi connectivity index (χ4v) is 0. The van der Waals surface area contributed by atoms with Gasteiger partial charge in [0.05, 0.1) is 0 Å². The average Bonchev–Trinajstić information content (AvgIpc) is 0. The summed E-state index contributed by atoms with van der Waals surface area (Å²) >= 11 is 0. The van der Waals surface area contributed by atoms with E-state index in [4.69, 9.17) is 0 Å². The summed E-state index contributed by atoms with van der Waals surface area (Å²) in [6, 6.07) is 0. The standard InChI is InChI=1S/2FH.2Li.2Y/h2*1H;;;;/q;;2*+1;2*+3/p-2. The molecule has 0 saturated carbocycles. The summed E-state index contributed by atoms with van der Waals surface area (Å²) in [7, 11) is 0. The number of halogens is 2. The third-order valence-corrected chi connectivity index (χ3v) is 0. The van der Waals surface area contributed by atoms with Gasteiger partial charge in [-0.25, -0.2) is 0 Å². The maximum atomic E-state index is 0. The molecule has 0 aliphatic rings. The van der Waals surface area contributed by atoms with E-state index < -0.39 is 0 Å². The van der Waals surface area contributed by atoms with Crippen LogP contribution in [0.2, 0.25) is 0 Å². The molecule has 6 heavy (non-hydrogen) atoms. The molecule has 0 N–H and O–H groups in total. The van der Waals surface area contributed by atoms with Crippen molar-refractivity contribution in [2.75, 3.05) is 0 Å². The van der Waals surface area contributed by atoms with Gasteiger partial charge in [-0.15, -0.1) is 0 Å². The van der Waals surface area contributed by atoms with Gasteiger partial charge in [-0.2, -0.15) is 0 Å². The molecule has 0 amide bonds. The normalized spacial score (nSPS) is 0. The van der Waals surface area contributed by atoms with Crippen LogP contribution in [0.5, 0.6) is 0 Å².